The molecule has 1 saturated carbocycles. The van der Waals surface area contributed by atoms with Crippen molar-refractivity contribution in [2.24, 2.45) is 5.92 Å². The Kier molecular flexibility index (Phi) is 5.09. The van der Waals surface area contributed by atoms with E-state index in [4.69, 9.17) is 11.6 Å². The molecule has 1 fully saturated rings. The summed E-state index contributed by atoms with van der Waals surface area (Å²) in [7, 11) is 2.19. The van der Waals surface area contributed by atoms with E-state index in [9.17, 15) is 0 Å². The predicted molar refractivity (Wildman–Crippen MR) is 83.0 cm³/mol. The summed E-state index contributed by atoms with van der Waals surface area (Å²) in [6.07, 6.45) is 8.57. The van der Waals surface area contributed by atoms with Crippen LogP contribution in [0.5, 0.6) is 0 Å². The minimum absolute atomic E-state index is 0.541. The Hall–Kier alpha value is -0.760. The summed E-state index contributed by atoms with van der Waals surface area (Å²) in [5.41, 5.74) is 2.34. The molecule has 1 aliphatic rings. The maximum Gasteiger partial charge on any atom is 0.131 e. The van der Waals surface area contributed by atoms with Gasteiger partial charge in [0.25, 0.3) is 0 Å². The van der Waals surface area contributed by atoms with Crippen LogP contribution in [0.4, 0.5) is 5.82 Å². The fourth-order valence-corrected chi connectivity index (χ4v) is 3.33. The first kappa shape index (κ1) is 14.6. The smallest absolute Gasteiger partial charge is 0.131 e. The summed E-state index contributed by atoms with van der Waals surface area (Å²) >= 11 is 5.86. The van der Waals surface area contributed by atoms with Crippen molar-refractivity contribution >= 4 is 17.4 Å². The number of aryl methyl sites for hydroxylation is 1. The summed E-state index contributed by atoms with van der Waals surface area (Å²) in [6.45, 7) is 4.44. The lowest BCUT2D eigenvalue weighted by Crippen LogP contribution is -2.36. The average molecular weight is 281 g/mol. The van der Waals surface area contributed by atoms with E-state index < -0.39 is 0 Å². The lowest BCUT2D eigenvalue weighted by molar-refractivity contribution is 0.313. The maximum atomic E-state index is 5.86. The SMILES string of the molecule is CCC1CCC(N(C)c2ncc(CCl)cc2C)CC1. The van der Waals surface area contributed by atoms with Crippen molar-refractivity contribution in [3.05, 3.63) is 23.4 Å². The molecule has 1 aliphatic carbocycles. The molecule has 1 aromatic rings. The molecule has 0 radical (unpaired) electrons. The number of nitrogens with zero attached hydrogens (tertiary/aromatic N) is 2. The molecule has 0 unspecified atom stereocenters. The molecule has 1 heterocycles. The molecule has 2 rings (SSSR count). The first-order chi connectivity index (χ1) is 9.15. The second-order valence-corrected chi connectivity index (χ2v) is 6.08. The fraction of sp³-hybridized carbons (Fsp3) is 0.688. The molecule has 0 aromatic carbocycles. The normalized spacial score (nSPS) is 23.4. The number of halogens is 1. The summed E-state index contributed by atoms with van der Waals surface area (Å²) < 4.78 is 0. The van der Waals surface area contributed by atoms with E-state index in [1.165, 1.54) is 37.7 Å². The molecule has 0 bridgehead atoms. The highest BCUT2D eigenvalue weighted by Crippen LogP contribution is 2.31. The monoisotopic (exact) mass is 280 g/mol. The van der Waals surface area contributed by atoms with Gasteiger partial charge in [-0.1, -0.05) is 13.3 Å². The molecule has 19 heavy (non-hydrogen) atoms. The molecule has 0 saturated heterocycles. The van der Waals surface area contributed by atoms with Crippen molar-refractivity contribution in [2.75, 3.05) is 11.9 Å². The van der Waals surface area contributed by atoms with Gasteiger partial charge in [0, 0.05) is 25.2 Å². The van der Waals surface area contributed by atoms with E-state index >= 15 is 0 Å². The van der Waals surface area contributed by atoms with Gasteiger partial charge in [-0.2, -0.15) is 0 Å². The molecule has 106 valence electrons. The molecular weight excluding hydrogens is 256 g/mol. The summed E-state index contributed by atoms with van der Waals surface area (Å²) in [5, 5.41) is 0. The third-order valence-corrected chi connectivity index (χ3v) is 4.85. The van der Waals surface area contributed by atoms with Crippen LogP contribution in [0.3, 0.4) is 0 Å². The first-order valence-electron chi connectivity index (χ1n) is 7.40. The van der Waals surface area contributed by atoms with E-state index in [2.05, 4.69) is 36.8 Å². The van der Waals surface area contributed by atoms with Crippen LogP contribution in [-0.2, 0) is 5.88 Å². The van der Waals surface area contributed by atoms with Gasteiger partial charge >= 0.3 is 0 Å². The molecule has 3 heteroatoms. The van der Waals surface area contributed by atoms with Gasteiger partial charge in [0.2, 0.25) is 0 Å². The Morgan fingerprint density at radius 2 is 2.00 bits per heavy atom. The van der Waals surface area contributed by atoms with Crippen molar-refractivity contribution in [3.8, 4) is 0 Å². The second-order valence-electron chi connectivity index (χ2n) is 5.81. The molecule has 0 N–H and O–H groups in total. The molecule has 0 amide bonds. The Balaban J connectivity index is 2.05. The highest BCUT2D eigenvalue weighted by molar-refractivity contribution is 6.17. The fourth-order valence-electron chi connectivity index (χ4n) is 3.18. The number of alkyl halides is 1. The minimum Gasteiger partial charge on any atom is -0.356 e. The number of rotatable bonds is 4. The second kappa shape index (κ2) is 6.60. The average Bonchev–Trinajstić information content (AvgIpc) is 2.46. The lowest BCUT2D eigenvalue weighted by atomic mass is 9.84. The summed E-state index contributed by atoms with van der Waals surface area (Å²) in [5.74, 6) is 2.60. The van der Waals surface area contributed by atoms with Crippen LogP contribution in [0.15, 0.2) is 12.3 Å². The van der Waals surface area contributed by atoms with Crippen molar-refractivity contribution in [1.29, 1.82) is 0 Å². The Bertz CT molecular complexity index is 411. The Morgan fingerprint density at radius 3 is 2.53 bits per heavy atom. The topological polar surface area (TPSA) is 16.1 Å². The number of aromatic nitrogens is 1. The van der Waals surface area contributed by atoms with Crippen LogP contribution < -0.4 is 4.90 Å². The van der Waals surface area contributed by atoms with Crippen LogP contribution >= 0.6 is 11.6 Å². The Labute approximate surface area is 122 Å². The molecule has 2 nitrogen and oxygen atoms in total. The number of pyridine rings is 1. The first-order valence-corrected chi connectivity index (χ1v) is 7.93. The van der Waals surface area contributed by atoms with Gasteiger partial charge < -0.3 is 4.90 Å². The highest BCUT2D eigenvalue weighted by atomic mass is 35.5. The van der Waals surface area contributed by atoms with E-state index in [1.807, 2.05) is 6.20 Å². The van der Waals surface area contributed by atoms with Crippen molar-refractivity contribution in [3.63, 3.8) is 0 Å². The number of hydrogen-bond donors (Lipinski definition) is 0. The van der Waals surface area contributed by atoms with Gasteiger partial charge in [0.15, 0.2) is 0 Å². The van der Waals surface area contributed by atoms with Crippen LogP contribution in [0.1, 0.15) is 50.2 Å². The van der Waals surface area contributed by atoms with Crippen molar-refractivity contribution < 1.29 is 0 Å². The van der Waals surface area contributed by atoms with Crippen LogP contribution in [-0.4, -0.2) is 18.1 Å². The van der Waals surface area contributed by atoms with Crippen LogP contribution in [0, 0.1) is 12.8 Å². The zero-order valence-electron chi connectivity index (χ0n) is 12.3. The molecule has 0 aliphatic heterocycles. The van der Waals surface area contributed by atoms with Gasteiger partial charge in [-0.25, -0.2) is 4.98 Å². The van der Waals surface area contributed by atoms with Gasteiger partial charge in [-0.05, 0) is 55.7 Å². The number of anilines is 1. The highest BCUT2D eigenvalue weighted by Gasteiger charge is 2.24. The molecule has 0 atom stereocenters. The lowest BCUT2D eigenvalue weighted by Gasteiger charge is -2.35. The largest absolute Gasteiger partial charge is 0.356 e. The molecular formula is C16H25ClN2. The van der Waals surface area contributed by atoms with E-state index in [1.54, 1.807) is 0 Å². The van der Waals surface area contributed by atoms with E-state index in [-0.39, 0.29) is 0 Å². The predicted octanol–water partition coefficient (Wildman–Crippen LogP) is 4.53. The van der Waals surface area contributed by atoms with Gasteiger partial charge in [0.1, 0.15) is 5.82 Å². The zero-order valence-corrected chi connectivity index (χ0v) is 13.1. The maximum absolute atomic E-state index is 5.86. The van der Waals surface area contributed by atoms with E-state index in [0.29, 0.717) is 11.9 Å². The summed E-state index contributed by atoms with van der Waals surface area (Å²) in [4.78, 5) is 6.98. The Morgan fingerprint density at radius 1 is 1.32 bits per heavy atom. The molecule has 1 aromatic heterocycles. The standard InChI is InChI=1S/C16H25ClN2/c1-4-13-5-7-15(8-6-13)19(3)16-12(2)9-14(10-17)11-18-16/h9,11,13,15H,4-8,10H2,1-3H3. The molecule has 0 spiro atoms. The van der Waals surface area contributed by atoms with Gasteiger partial charge in [-0.3, -0.25) is 0 Å². The zero-order chi connectivity index (χ0) is 13.8. The minimum atomic E-state index is 0.541. The van der Waals surface area contributed by atoms with Crippen LogP contribution in [0.2, 0.25) is 0 Å². The third-order valence-electron chi connectivity index (χ3n) is 4.54. The van der Waals surface area contributed by atoms with Crippen LogP contribution in [0.25, 0.3) is 0 Å². The van der Waals surface area contributed by atoms with Gasteiger partial charge in [-0.15, -0.1) is 11.6 Å². The van der Waals surface area contributed by atoms with Gasteiger partial charge in [0.05, 0.1) is 0 Å². The number of hydrogen-bond acceptors (Lipinski definition) is 2. The third kappa shape index (κ3) is 3.42. The van der Waals surface area contributed by atoms with Crippen molar-refractivity contribution in [1.82, 2.24) is 4.98 Å². The van der Waals surface area contributed by atoms with Crippen molar-refractivity contribution in [2.45, 2.75) is 57.9 Å². The van der Waals surface area contributed by atoms with E-state index in [0.717, 1.165) is 17.3 Å². The quantitative estimate of drug-likeness (QED) is 0.753. The summed E-state index contributed by atoms with van der Waals surface area (Å²) in [6, 6.07) is 2.81.